The molecule has 150 valence electrons. The molecule has 0 bridgehead atoms. The summed E-state index contributed by atoms with van der Waals surface area (Å²) < 4.78 is 1.72. The lowest BCUT2D eigenvalue weighted by molar-refractivity contribution is 0.0951. The predicted octanol–water partition coefficient (Wildman–Crippen LogP) is 3.99. The summed E-state index contributed by atoms with van der Waals surface area (Å²) in [6, 6.07) is 13.8. The van der Waals surface area contributed by atoms with Crippen molar-refractivity contribution >= 4 is 29.2 Å². The van der Waals surface area contributed by atoms with Crippen molar-refractivity contribution in [3.8, 4) is 5.69 Å². The molecule has 1 heterocycles. The van der Waals surface area contributed by atoms with Crippen LogP contribution in [0.25, 0.3) is 5.69 Å². The third-order valence-electron chi connectivity index (χ3n) is 4.01. The Balaban J connectivity index is 1.54. The van der Waals surface area contributed by atoms with E-state index in [1.807, 2.05) is 32.2 Å². The first kappa shape index (κ1) is 20.4. The molecule has 3 N–H and O–H groups in total. The summed E-state index contributed by atoms with van der Waals surface area (Å²) in [6.45, 7) is 4.11. The summed E-state index contributed by atoms with van der Waals surface area (Å²) >= 11 is 5.90. The first-order chi connectivity index (χ1) is 13.9. The number of benzene rings is 2. The zero-order valence-corrected chi connectivity index (χ0v) is 16.9. The van der Waals surface area contributed by atoms with E-state index in [4.69, 9.17) is 11.6 Å². The minimum atomic E-state index is -0.282. The van der Waals surface area contributed by atoms with Gasteiger partial charge in [0.1, 0.15) is 0 Å². The van der Waals surface area contributed by atoms with Crippen LogP contribution in [-0.2, 0) is 6.54 Å². The lowest BCUT2D eigenvalue weighted by atomic mass is 10.2. The molecule has 0 radical (unpaired) electrons. The van der Waals surface area contributed by atoms with Gasteiger partial charge in [0.25, 0.3) is 5.91 Å². The molecule has 0 aliphatic rings. The molecule has 8 heteroatoms. The SMILES string of the molecule is CC(C)NC(=O)Nc1ccc(C(=O)NCc2cnn(-c3ccc(Cl)cc3)c2)cc1. The van der Waals surface area contributed by atoms with Crippen molar-refractivity contribution in [1.82, 2.24) is 20.4 Å². The first-order valence-corrected chi connectivity index (χ1v) is 9.54. The van der Waals surface area contributed by atoms with Gasteiger partial charge in [-0.2, -0.15) is 5.10 Å². The van der Waals surface area contributed by atoms with Crippen molar-refractivity contribution in [3.63, 3.8) is 0 Å². The lowest BCUT2D eigenvalue weighted by Gasteiger charge is -2.10. The molecule has 0 aliphatic carbocycles. The fraction of sp³-hybridized carbons (Fsp3) is 0.190. The number of amides is 3. The van der Waals surface area contributed by atoms with Crippen molar-refractivity contribution in [2.24, 2.45) is 0 Å². The van der Waals surface area contributed by atoms with Crippen molar-refractivity contribution in [2.45, 2.75) is 26.4 Å². The maximum atomic E-state index is 12.4. The lowest BCUT2D eigenvalue weighted by Crippen LogP contribution is -2.34. The van der Waals surface area contributed by atoms with Gasteiger partial charge in [0, 0.05) is 40.6 Å². The van der Waals surface area contributed by atoms with Gasteiger partial charge in [-0.15, -0.1) is 0 Å². The molecule has 1 aromatic heterocycles. The van der Waals surface area contributed by atoms with Crippen LogP contribution in [0.3, 0.4) is 0 Å². The molecule has 0 atom stereocenters. The van der Waals surface area contributed by atoms with Gasteiger partial charge in [0.15, 0.2) is 0 Å². The zero-order chi connectivity index (χ0) is 20.8. The minimum absolute atomic E-state index is 0.0455. The molecule has 3 aromatic rings. The van der Waals surface area contributed by atoms with Gasteiger partial charge >= 0.3 is 6.03 Å². The molecule has 0 spiro atoms. The number of hydrogen-bond acceptors (Lipinski definition) is 3. The van der Waals surface area contributed by atoms with Gasteiger partial charge in [0.2, 0.25) is 0 Å². The van der Waals surface area contributed by atoms with Crippen LogP contribution in [-0.4, -0.2) is 27.8 Å². The standard InChI is InChI=1S/C21H22ClN5O2/c1-14(2)25-21(29)26-18-7-3-16(4-8-18)20(28)23-11-15-12-24-27(13-15)19-9-5-17(22)6-10-19/h3-10,12-14H,11H2,1-2H3,(H,23,28)(H2,25,26,29). The average molecular weight is 412 g/mol. The highest BCUT2D eigenvalue weighted by atomic mass is 35.5. The summed E-state index contributed by atoms with van der Waals surface area (Å²) in [5.41, 5.74) is 2.88. The molecule has 0 fully saturated rings. The molecular weight excluding hydrogens is 390 g/mol. The van der Waals surface area contributed by atoms with Gasteiger partial charge in [-0.05, 0) is 62.4 Å². The number of halogens is 1. The normalized spacial score (nSPS) is 10.6. The Kier molecular flexibility index (Phi) is 6.51. The Labute approximate surface area is 174 Å². The molecular formula is C21H22ClN5O2. The van der Waals surface area contributed by atoms with E-state index in [-0.39, 0.29) is 18.0 Å². The van der Waals surface area contributed by atoms with Gasteiger partial charge in [0.05, 0.1) is 11.9 Å². The van der Waals surface area contributed by atoms with Crippen LogP contribution in [0.5, 0.6) is 0 Å². The Morgan fingerprint density at radius 1 is 1.07 bits per heavy atom. The average Bonchev–Trinajstić information content (AvgIpc) is 3.15. The third kappa shape index (κ3) is 5.83. The van der Waals surface area contributed by atoms with E-state index in [0.29, 0.717) is 22.8 Å². The highest BCUT2D eigenvalue weighted by Crippen LogP contribution is 2.14. The maximum absolute atomic E-state index is 12.4. The van der Waals surface area contributed by atoms with Gasteiger partial charge in [-0.25, -0.2) is 9.48 Å². The predicted molar refractivity (Wildman–Crippen MR) is 113 cm³/mol. The fourth-order valence-corrected chi connectivity index (χ4v) is 2.73. The summed E-state index contributed by atoms with van der Waals surface area (Å²) in [4.78, 5) is 24.1. The quantitative estimate of drug-likeness (QED) is 0.573. The second-order valence-corrected chi connectivity index (χ2v) is 7.22. The number of hydrogen-bond donors (Lipinski definition) is 3. The smallest absolute Gasteiger partial charge is 0.319 e. The topological polar surface area (TPSA) is 88.1 Å². The molecule has 0 unspecified atom stereocenters. The van der Waals surface area contributed by atoms with E-state index in [0.717, 1.165) is 11.3 Å². The van der Waals surface area contributed by atoms with Crippen molar-refractivity contribution in [1.29, 1.82) is 0 Å². The Morgan fingerprint density at radius 3 is 2.41 bits per heavy atom. The van der Waals surface area contributed by atoms with Crippen LogP contribution < -0.4 is 16.0 Å². The van der Waals surface area contributed by atoms with E-state index in [2.05, 4.69) is 21.0 Å². The Bertz CT molecular complexity index is 981. The third-order valence-corrected chi connectivity index (χ3v) is 4.26. The molecule has 29 heavy (non-hydrogen) atoms. The number of carbonyl (C=O) groups excluding carboxylic acids is 2. The fourth-order valence-electron chi connectivity index (χ4n) is 2.61. The van der Waals surface area contributed by atoms with Crippen molar-refractivity contribution < 1.29 is 9.59 Å². The van der Waals surface area contributed by atoms with E-state index in [1.54, 1.807) is 47.3 Å². The van der Waals surface area contributed by atoms with Crippen LogP contribution in [0.4, 0.5) is 10.5 Å². The molecule has 0 aliphatic heterocycles. The van der Waals surface area contributed by atoms with Crippen LogP contribution in [0.15, 0.2) is 60.9 Å². The van der Waals surface area contributed by atoms with E-state index >= 15 is 0 Å². The maximum Gasteiger partial charge on any atom is 0.319 e. The number of aromatic nitrogens is 2. The van der Waals surface area contributed by atoms with E-state index < -0.39 is 0 Å². The minimum Gasteiger partial charge on any atom is -0.348 e. The molecule has 7 nitrogen and oxygen atoms in total. The van der Waals surface area contributed by atoms with Gasteiger partial charge in [-0.3, -0.25) is 4.79 Å². The molecule has 3 amide bonds. The summed E-state index contributed by atoms with van der Waals surface area (Å²) in [7, 11) is 0. The highest BCUT2D eigenvalue weighted by molar-refractivity contribution is 6.30. The molecule has 3 rings (SSSR count). The second-order valence-electron chi connectivity index (χ2n) is 6.78. The first-order valence-electron chi connectivity index (χ1n) is 9.16. The number of anilines is 1. The van der Waals surface area contributed by atoms with E-state index in [9.17, 15) is 9.59 Å². The monoisotopic (exact) mass is 411 g/mol. The zero-order valence-electron chi connectivity index (χ0n) is 16.1. The number of urea groups is 1. The second kappa shape index (κ2) is 9.25. The number of nitrogens with one attached hydrogen (secondary N) is 3. The van der Waals surface area contributed by atoms with Gasteiger partial charge in [-0.1, -0.05) is 11.6 Å². The summed E-state index contributed by atoms with van der Waals surface area (Å²) in [6.07, 6.45) is 3.55. The molecule has 0 saturated heterocycles. The Morgan fingerprint density at radius 2 is 1.76 bits per heavy atom. The molecule has 0 saturated carbocycles. The largest absolute Gasteiger partial charge is 0.348 e. The Hall–Kier alpha value is -3.32. The van der Waals surface area contributed by atoms with Crippen LogP contribution in [0, 0.1) is 0 Å². The number of rotatable bonds is 6. The number of nitrogens with zero attached hydrogens (tertiary/aromatic N) is 2. The highest BCUT2D eigenvalue weighted by Gasteiger charge is 2.08. The van der Waals surface area contributed by atoms with Crippen LogP contribution in [0.1, 0.15) is 29.8 Å². The van der Waals surface area contributed by atoms with Crippen LogP contribution >= 0.6 is 11.6 Å². The van der Waals surface area contributed by atoms with Crippen molar-refractivity contribution in [2.75, 3.05) is 5.32 Å². The van der Waals surface area contributed by atoms with Crippen molar-refractivity contribution in [3.05, 3.63) is 77.1 Å². The number of carbonyl (C=O) groups is 2. The van der Waals surface area contributed by atoms with E-state index in [1.165, 1.54) is 0 Å². The summed E-state index contributed by atoms with van der Waals surface area (Å²) in [5.74, 6) is -0.206. The summed E-state index contributed by atoms with van der Waals surface area (Å²) in [5, 5.41) is 13.3. The molecule has 2 aromatic carbocycles. The van der Waals surface area contributed by atoms with Gasteiger partial charge < -0.3 is 16.0 Å². The van der Waals surface area contributed by atoms with Crippen LogP contribution in [0.2, 0.25) is 5.02 Å².